The predicted molar refractivity (Wildman–Crippen MR) is 139 cm³/mol. The van der Waals surface area contributed by atoms with Crippen molar-refractivity contribution in [2.75, 3.05) is 12.0 Å². The molecule has 5 rings (SSSR count). The quantitative estimate of drug-likeness (QED) is 0.396. The maximum Gasteiger partial charge on any atom is 0.174 e. The Hall–Kier alpha value is -3.71. The molecular formula is C27H27N5OS. The first-order valence-electron chi connectivity index (χ1n) is 11.2. The summed E-state index contributed by atoms with van der Waals surface area (Å²) in [5.74, 6) is 1.70. The van der Waals surface area contributed by atoms with Crippen molar-refractivity contribution in [3.05, 3.63) is 101 Å². The van der Waals surface area contributed by atoms with Gasteiger partial charge in [0.2, 0.25) is 0 Å². The molecule has 0 bridgehead atoms. The third kappa shape index (κ3) is 3.82. The fourth-order valence-corrected chi connectivity index (χ4v) is 5.14. The normalized spacial score (nSPS) is 17.6. The van der Waals surface area contributed by atoms with Gasteiger partial charge in [-0.15, -0.1) is 0 Å². The topological polar surface area (TPSA) is 55.2 Å². The van der Waals surface area contributed by atoms with Crippen LogP contribution >= 0.6 is 12.2 Å². The summed E-state index contributed by atoms with van der Waals surface area (Å²) >= 11 is 5.88. The van der Waals surface area contributed by atoms with Crippen molar-refractivity contribution in [1.82, 2.24) is 19.9 Å². The van der Waals surface area contributed by atoms with E-state index in [1.807, 2.05) is 54.9 Å². The van der Waals surface area contributed by atoms with E-state index in [2.05, 4.69) is 63.7 Å². The standard InChI is InChI=1S/C27H27N5OS/c1-17-11-13-29-24(14-17)31-18(2)15-22(19(31)3)26-25(23-10-5-6-12-28-23)30-27(34)32(26)20-8-7-9-21(16-20)33-4/h5-16,25-26H,1-4H3,(H,30,34)/t25-,26+/m0/s1. The van der Waals surface area contributed by atoms with E-state index in [9.17, 15) is 0 Å². The number of rotatable bonds is 5. The number of hydrogen-bond donors (Lipinski definition) is 1. The number of methoxy groups -OCH3 is 1. The Morgan fingerprint density at radius 2 is 1.79 bits per heavy atom. The third-order valence-corrected chi connectivity index (χ3v) is 6.66. The Kier molecular flexibility index (Phi) is 5.79. The molecule has 1 aromatic carbocycles. The van der Waals surface area contributed by atoms with E-state index in [-0.39, 0.29) is 12.1 Å². The molecule has 34 heavy (non-hydrogen) atoms. The first-order valence-corrected chi connectivity index (χ1v) is 11.7. The molecule has 0 aliphatic carbocycles. The molecule has 1 aliphatic rings. The molecule has 0 saturated carbocycles. The van der Waals surface area contributed by atoms with E-state index in [1.165, 1.54) is 11.1 Å². The van der Waals surface area contributed by atoms with Crippen molar-refractivity contribution in [2.45, 2.75) is 32.9 Å². The summed E-state index contributed by atoms with van der Waals surface area (Å²) in [4.78, 5) is 11.5. The molecule has 0 unspecified atom stereocenters. The zero-order valence-corrected chi connectivity index (χ0v) is 20.5. The second kappa shape index (κ2) is 8.91. The first-order chi connectivity index (χ1) is 16.5. The largest absolute Gasteiger partial charge is 0.497 e. The lowest BCUT2D eigenvalue weighted by Crippen LogP contribution is -2.29. The lowest BCUT2D eigenvalue weighted by molar-refractivity contribution is 0.415. The van der Waals surface area contributed by atoms with Crippen molar-refractivity contribution in [2.24, 2.45) is 0 Å². The minimum atomic E-state index is -0.112. The van der Waals surface area contributed by atoms with Crippen LogP contribution in [0.1, 0.15) is 40.3 Å². The zero-order valence-electron chi connectivity index (χ0n) is 19.7. The van der Waals surface area contributed by atoms with Gasteiger partial charge in [-0.2, -0.15) is 0 Å². The van der Waals surface area contributed by atoms with E-state index in [1.54, 1.807) is 7.11 Å². The van der Waals surface area contributed by atoms with Crippen LogP contribution in [0.15, 0.2) is 73.1 Å². The summed E-state index contributed by atoms with van der Waals surface area (Å²) in [6, 6.07) is 20.1. The van der Waals surface area contributed by atoms with Gasteiger partial charge in [0.1, 0.15) is 11.6 Å². The van der Waals surface area contributed by atoms with Crippen LogP contribution in [0.25, 0.3) is 5.82 Å². The van der Waals surface area contributed by atoms with Crippen LogP contribution in [0.4, 0.5) is 5.69 Å². The van der Waals surface area contributed by atoms with Crippen molar-refractivity contribution < 1.29 is 4.74 Å². The van der Waals surface area contributed by atoms with Gasteiger partial charge in [-0.1, -0.05) is 12.1 Å². The van der Waals surface area contributed by atoms with Crippen LogP contribution in [0.3, 0.4) is 0 Å². The Morgan fingerprint density at radius 3 is 2.53 bits per heavy atom. The third-order valence-electron chi connectivity index (χ3n) is 6.35. The lowest BCUT2D eigenvalue weighted by atomic mass is 9.96. The van der Waals surface area contributed by atoms with Crippen LogP contribution in [0, 0.1) is 20.8 Å². The molecule has 0 spiro atoms. The fraction of sp³-hybridized carbons (Fsp3) is 0.222. The van der Waals surface area contributed by atoms with Crippen LogP contribution in [-0.2, 0) is 0 Å². The Bertz CT molecular complexity index is 1350. The fourth-order valence-electron chi connectivity index (χ4n) is 4.79. The number of anilines is 1. The van der Waals surface area contributed by atoms with E-state index in [0.29, 0.717) is 5.11 Å². The van der Waals surface area contributed by atoms with Crippen molar-refractivity contribution in [3.63, 3.8) is 0 Å². The summed E-state index contributed by atoms with van der Waals surface area (Å²) in [5, 5.41) is 4.20. The number of thiocarbonyl (C=S) groups is 1. The van der Waals surface area contributed by atoms with E-state index in [0.717, 1.165) is 34.3 Å². The van der Waals surface area contributed by atoms with Crippen LogP contribution < -0.4 is 15.0 Å². The minimum absolute atomic E-state index is 0.0979. The molecule has 1 aliphatic heterocycles. The molecule has 6 nitrogen and oxygen atoms in total. The highest BCUT2D eigenvalue weighted by Crippen LogP contribution is 2.44. The van der Waals surface area contributed by atoms with Crippen LogP contribution in [0.2, 0.25) is 0 Å². The number of ether oxygens (including phenoxy) is 1. The predicted octanol–water partition coefficient (Wildman–Crippen LogP) is 5.38. The van der Waals surface area contributed by atoms with E-state index < -0.39 is 0 Å². The van der Waals surface area contributed by atoms with E-state index in [4.69, 9.17) is 17.0 Å². The minimum Gasteiger partial charge on any atom is -0.497 e. The number of aryl methyl sites for hydroxylation is 2. The number of benzene rings is 1. The summed E-state index contributed by atoms with van der Waals surface area (Å²) in [7, 11) is 1.68. The average molecular weight is 470 g/mol. The van der Waals surface area contributed by atoms with Crippen molar-refractivity contribution in [3.8, 4) is 11.6 Å². The van der Waals surface area contributed by atoms with Gasteiger partial charge in [0.05, 0.1) is 24.9 Å². The Morgan fingerprint density at radius 1 is 0.941 bits per heavy atom. The molecule has 2 atom stereocenters. The molecule has 4 aromatic rings. The molecule has 3 aromatic heterocycles. The van der Waals surface area contributed by atoms with E-state index >= 15 is 0 Å². The van der Waals surface area contributed by atoms with Crippen molar-refractivity contribution in [1.29, 1.82) is 0 Å². The summed E-state index contributed by atoms with van der Waals surface area (Å²) in [5.41, 5.74) is 6.51. The maximum absolute atomic E-state index is 5.88. The number of nitrogens with one attached hydrogen (secondary N) is 1. The van der Waals surface area contributed by atoms with Gasteiger partial charge in [-0.3, -0.25) is 4.98 Å². The zero-order chi connectivity index (χ0) is 23.8. The summed E-state index contributed by atoms with van der Waals surface area (Å²) in [6.07, 6.45) is 3.68. The van der Waals surface area contributed by atoms with Gasteiger partial charge in [0.25, 0.3) is 0 Å². The second-order valence-electron chi connectivity index (χ2n) is 8.55. The highest BCUT2D eigenvalue weighted by Gasteiger charge is 2.42. The van der Waals surface area contributed by atoms with Gasteiger partial charge in [0.15, 0.2) is 5.11 Å². The van der Waals surface area contributed by atoms with Crippen LogP contribution in [-0.4, -0.2) is 26.8 Å². The summed E-state index contributed by atoms with van der Waals surface area (Å²) in [6.45, 7) is 6.35. The molecular weight excluding hydrogens is 442 g/mol. The maximum atomic E-state index is 5.88. The van der Waals surface area contributed by atoms with Gasteiger partial charge in [0, 0.05) is 35.5 Å². The lowest BCUT2D eigenvalue weighted by Gasteiger charge is -2.28. The summed E-state index contributed by atoms with van der Waals surface area (Å²) < 4.78 is 7.71. The Labute approximate surface area is 205 Å². The molecule has 0 radical (unpaired) electrons. The molecule has 172 valence electrons. The average Bonchev–Trinajstić information content (AvgIpc) is 3.34. The molecule has 4 heterocycles. The SMILES string of the molecule is COc1cccc(N2C(=S)N[C@@H](c3ccccn3)[C@H]2c2cc(C)n(-c3cc(C)ccn3)c2C)c1. The van der Waals surface area contributed by atoms with Gasteiger partial charge in [-0.05, 0) is 86.6 Å². The van der Waals surface area contributed by atoms with Gasteiger partial charge in [-0.25, -0.2) is 4.98 Å². The monoisotopic (exact) mass is 469 g/mol. The number of pyridine rings is 2. The van der Waals surface area contributed by atoms with Crippen LogP contribution in [0.5, 0.6) is 5.75 Å². The Balaban J connectivity index is 1.69. The molecule has 7 heteroatoms. The molecule has 0 amide bonds. The number of nitrogens with zero attached hydrogens (tertiary/aromatic N) is 4. The molecule has 1 fully saturated rings. The van der Waals surface area contributed by atoms with Gasteiger partial charge >= 0.3 is 0 Å². The molecule has 1 N–H and O–H groups in total. The van der Waals surface area contributed by atoms with Gasteiger partial charge < -0.3 is 19.5 Å². The highest BCUT2D eigenvalue weighted by atomic mass is 32.1. The number of hydrogen-bond acceptors (Lipinski definition) is 4. The first kappa shape index (κ1) is 22.1. The van der Waals surface area contributed by atoms with Crippen molar-refractivity contribution >= 4 is 23.0 Å². The smallest absolute Gasteiger partial charge is 0.174 e. The molecule has 1 saturated heterocycles. The highest BCUT2D eigenvalue weighted by molar-refractivity contribution is 7.80. The second-order valence-corrected chi connectivity index (χ2v) is 8.94. The number of aromatic nitrogens is 3.